The van der Waals surface area contributed by atoms with E-state index in [1.165, 1.54) is 0 Å². The Kier molecular flexibility index (Phi) is 5.52. The van der Waals surface area contributed by atoms with Gasteiger partial charge in [0.05, 0.1) is 13.2 Å². The zero-order valence-corrected chi connectivity index (χ0v) is 11.7. The summed E-state index contributed by atoms with van der Waals surface area (Å²) in [6.45, 7) is 3.10. The molecule has 1 aromatic rings. The van der Waals surface area contributed by atoms with Crippen molar-refractivity contribution in [1.29, 1.82) is 0 Å². The summed E-state index contributed by atoms with van der Waals surface area (Å²) < 4.78 is 16.6. The quantitative estimate of drug-likeness (QED) is 0.843. The van der Waals surface area contributed by atoms with Gasteiger partial charge in [0.15, 0.2) is 0 Å². The van der Waals surface area contributed by atoms with Crippen LogP contribution in [-0.4, -0.2) is 37.4 Å². The molecule has 2 N–H and O–H groups in total. The largest absolute Gasteiger partial charge is 0.459 e. The third-order valence-electron chi connectivity index (χ3n) is 3.29. The van der Waals surface area contributed by atoms with Gasteiger partial charge in [-0.2, -0.15) is 0 Å². The Bertz CT molecular complexity index is 423. The Morgan fingerprint density at radius 1 is 1.35 bits per heavy atom. The molecule has 0 amide bonds. The summed E-state index contributed by atoms with van der Waals surface area (Å²) in [4.78, 5) is 11.7. The van der Waals surface area contributed by atoms with Crippen LogP contribution in [0, 0.1) is 0 Å². The molecule has 0 bridgehead atoms. The normalized spacial score (nSPS) is 28.1. The number of hydrogen-bond donors (Lipinski definition) is 1. The Morgan fingerprint density at radius 3 is 2.85 bits per heavy atom. The summed E-state index contributed by atoms with van der Waals surface area (Å²) in [6.07, 6.45) is -0.198. The van der Waals surface area contributed by atoms with Crippen molar-refractivity contribution in [2.24, 2.45) is 5.73 Å². The second-order valence-electron chi connectivity index (χ2n) is 4.95. The average molecular weight is 279 g/mol. The molecule has 110 valence electrons. The molecule has 0 spiro atoms. The molecule has 0 radical (unpaired) electrons. The van der Waals surface area contributed by atoms with E-state index in [-0.39, 0.29) is 12.2 Å². The van der Waals surface area contributed by atoms with Crippen LogP contribution in [0.4, 0.5) is 0 Å². The highest BCUT2D eigenvalue weighted by atomic mass is 16.6. The lowest BCUT2D eigenvalue weighted by Crippen LogP contribution is -2.38. The van der Waals surface area contributed by atoms with Crippen LogP contribution >= 0.6 is 0 Å². The van der Waals surface area contributed by atoms with Crippen LogP contribution in [0.1, 0.15) is 18.9 Å². The number of esters is 1. The lowest BCUT2D eigenvalue weighted by molar-refractivity contribution is -0.159. The first-order valence-electron chi connectivity index (χ1n) is 6.86. The molecule has 5 heteroatoms. The smallest absolute Gasteiger partial charge is 0.323 e. The number of carbonyl (C=O) groups excluding carboxylic acids is 1. The second kappa shape index (κ2) is 7.38. The van der Waals surface area contributed by atoms with Crippen LogP contribution in [0.3, 0.4) is 0 Å². The maximum Gasteiger partial charge on any atom is 0.323 e. The number of benzene rings is 1. The molecule has 0 aromatic heterocycles. The summed E-state index contributed by atoms with van der Waals surface area (Å²) in [7, 11) is 0. The van der Waals surface area contributed by atoms with E-state index in [4.69, 9.17) is 19.9 Å². The zero-order valence-electron chi connectivity index (χ0n) is 11.7. The summed E-state index contributed by atoms with van der Waals surface area (Å²) >= 11 is 0. The highest BCUT2D eigenvalue weighted by molar-refractivity contribution is 5.75. The van der Waals surface area contributed by atoms with Crippen LogP contribution in [0.25, 0.3) is 0 Å². The molecule has 3 atom stereocenters. The van der Waals surface area contributed by atoms with Gasteiger partial charge < -0.3 is 19.9 Å². The molecule has 5 nitrogen and oxygen atoms in total. The van der Waals surface area contributed by atoms with Crippen LogP contribution in [0.15, 0.2) is 30.3 Å². The maximum absolute atomic E-state index is 11.7. The van der Waals surface area contributed by atoms with Crippen LogP contribution in [0.5, 0.6) is 0 Å². The van der Waals surface area contributed by atoms with Crippen molar-refractivity contribution in [2.45, 2.75) is 38.2 Å². The summed E-state index contributed by atoms with van der Waals surface area (Å²) in [6, 6.07) is 9.23. The van der Waals surface area contributed by atoms with Gasteiger partial charge in [-0.1, -0.05) is 30.3 Å². The van der Waals surface area contributed by atoms with E-state index in [2.05, 4.69) is 0 Å². The van der Waals surface area contributed by atoms with Gasteiger partial charge in [0, 0.05) is 6.61 Å². The standard InChI is InChI=1S/C15H21NO4/c1-11-14(19-9-12-5-3-2-4-6-12)10-18-8-7-13(16)15(17)20-11/h2-6,11,13-14H,7-10,16H2,1H3/t11-,13-,14+/m0/s1. The first kappa shape index (κ1) is 15.0. The van der Waals surface area contributed by atoms with E-state index in [0.29, 0.717) is 26.2 Å². The SMILES string of the molecule is C[C@@H]1OC(=O)[C@@H](N)CCOC[C@H]1OCc1ccccc1. The van der Waals surface area contributed by atoms with Crippen molar-refractivity contribution in [1.82, 2.24) is 0 Å². The number of ether oxygens (including phenoxy) is 3. The maximum atomic E-state index is 11.7. The van der Waals surface area contributed by atoms with Gasteiger partial charge in [0.1, 0.15) is 18.2 Å². The molecular weight excluding hydrogens is 258 g/mol. The zero-order chi connectivity index (χ0) is 14.4. The number of hydrogen-bond acceptors (Lipinski definition) is 5. The predicted molar refractivity (Wildman–Crippen MR) is 74.0 cm³/mol. The van der Waals surface area contributed by atoms with E-state index in [1.54, 1.807) is 6.92 Å². The fourth-order valence-corrected chi connectivity index (χ4v) is 1.97. The van der Waals surface area contributed by atoms with Gasteiger partial charge in [-0.15, -0.1) is 0 Å². The number of carbonyl (C=O) groups is 1. The van der Waals surface area contributed by atoms with Crippen molar-refractivity contribution >= 4 is 5.97 Å². The minimum absolute atomic E-state index is 0.288. The first-order valence-corrected chi connectivity index (χ1v) is 6.86. The molecule has 1 heterocycles. The number of rotatable bonds is 3. The van der Waals surface area contributed by atoms with Gasteiger partial charge in [0.25, 0.3) is 0 Å². The highest BCUT2D eigenvalue weighted by Gasteiger charge is 2.27. The minimum Gasteiger partial charge on any atom is -0.459 e. The number of nitrogens with two attached hydrogens (primary N) is 1. The van der Waals surface area contributed by atoms with Gasteiger partial charge >= 0.3 is 5.97 Å². The fourth-order valence-electron chi connectivity index (χ4n) is 1.97. The van der Waals surface area contributed by atoms with E-state index in [9.17, 15) is 4.79 Å². The van der Waals surface area contributed by atoms with Crippen molar-refractivity contribution in [2.75, 3.05) is 13.2 Å². The molecule has 0 unspecified atom stereocenters. The summed E-state index contributed by atoms with van der Waals surface area (Å²) in [5, 5.41) is 0. The average Bonchev–Trinajstić information content (AvgIpc) is 2.51. The van der Waals surface area contributed by atoms with E-state index < -0.39 is 12.0 Å². The van der Waals surface area contributed by atoms with E-state index >= 15 is 0 Å². The second-order valence-corrected chi connectivity index (χ2v) is 4.95. The van der Waals surface area contributed by atoms with Crippen molar-refractivity contribution in [3.05, 3.63) is 35.9 Å². The highest BCUT2D eigenvalue weighted by Crippen LogP contribution is 2.12. The van der Waals surface area contributed by atoms with Crippen molar-refractivity contribution in [3.63, 3.8) is 0 Å². The molecular formula is C15H21NO4. The summed E-state index contributed by atoms with van der Waals surface area (Å²) in [5.74, 6) is -0.392. The fraction of sp³-hybridized carbons (Fsp3) is 0.533. The van der Waals surface area contributed by atoms with Gasteiger partial charge in [0.2, 0.25) is 0 Å². The van der Waals surface area contributed by atoms with E-state index in [1.807, 2.05) is 30.3 Å². The molecule has 1 saturated heterocycles. The van der Waals surface area contributed by atoms with Gasteiger partial charge in [-0.25, -0.2) is 0 Å². The lowest BCUT2D eigenvalue weighted by Gasteiger charge is -2.23. The molecule has 2 rings (SSSR count). The molecule has 1 aliphatic rings. The minimum atomic E-state index is -0.620. The monoisotopic (exact) mass is 279 g/mol. The van der Waals surface area contributed by atoms with Gasteiger partial charge in [-0.3, -0.25) is 4.79 Å². The van der Waals surface area contributed by atoms with Crippen LogP contribution in [0.2, 0.25) is 0 Å². The van der Waals surface area contributed by atoms with E-state index in [0.717, 1.165) is 5.56 Å². The Balaban J connectivity index is 1.92. The molecule has 0 aliphatic carbocycles. The van der Waals surface area contributed by atoms with Crippen molar-refractivity contribution in [3.8, 4) is 0 Å². The van der Waals surface area contributed by atoms with Crippen LogP contribution in [-0.2, 0) is 25.6 Å². The summed E-state index contributed by atoms with van der Waals surface area (Å²) in [5.41, 5.74) is 6.77. The molecule has 1 aromatic carbocycles. The molecule has 1 fully saturated rings. The molecule has 1 aliphatic heterocycles. The predicted octanol–water partition coefficient (Wildman–Crippen LogP) is 1.25. The Morgan fingerprint density at radius 2 is 2.10 bits per heavy atom. The molecule has 20 heavy (non-hydrogen) atoms. The Hall–Kier alpha value is -1.43. The Labute approximate surface area is 119 Å². The molecule has 0 saturated carbocycles. The van der Waals surface area contributed by atoms with Crippen molar-refractivity contribution < 1.29 is 19.0 Å². The third-order valence-corrected chi connectivity index (χ3v) is 3.29. The van der Waals surface area contributed by atoms with Crippen LogP contribution < -0.4 is 5.73 Å². The first-order chi connectivity index (χ1) is 9.66. The topological polar surface area (TPSA) is 70.8 Å². The van der Waals surface area contributed by atoms with Gasteiger partial charge in [-0.05, 0) is 18.9 Å². The lowest BCUT2D eigenvalue weighted by atomic mass is 10.2. The number of cyclic esters (lactones) is 1. The third kappa shape index (κ3) is 4.30.